The topological polar surface area (TPSA) is 76.2 Å². The third-order valence-corrected chi connectivity index (χ3v) is 3.48. The molecule has 0 amide bonds. The van der Waals surface area contributed by atoms with E-state index in [0.717, 1.165) is 9.35 Å². The molecule has 6 heteroatoms. The number of hydrogen-bond donors (Lipinski definition) is 2. The first-order valence-electron chi connectivity index (χ1n) is 3.67. The van der Waals surface area contributed by atoms with Crippen LogP contribution in [0.3, 0.4) is 0 Å². The smallest absolute Gasteiger partial charge is 0.304 e. The second-order valence-electron chi connectivity index (χ2n) is 2.57. The molecule has 1 aromatic heterocycles. The number of carbonyl (C=O) groups is 1. The lowest BCUT2D eigenvalue weighted by Crippen LogP contribution is -2.15. The van der Waals surface area contributed by atoms with Crippen LogP contribution >= 0.6 is 27.5 Å². The Morgan fingerprint density at radius 1 is 1.85 bits per heavy atom. The zero-order valence-corrected chi connectivity index (χ0v) is 9.14. The van der Waals surface area contributed by atoms with Crippen molar-refractivity contribution < 1.29 is 9.90 Å². The summed E-state index contributed by atoms with van der Waals surface area (Å²) in [7, 11) is 0. The zero-order chi connectivity index (χ0) is 9.84. The first kappa shape index (κ1) is 10.6. The Morgan fingerprint density at radius 2 is 2.54 bits per heavy atom. The second kappa shape index (κ2) is 4.69. The predicted molar refractivity (Wildman–Crippen MR) is 53.9 cm³/mol. The fraction of sp³-hybridized carbons (Fsp3) is 0.429. The summed E-state index contributed by atoms with van der Waals surface area (Å²) in [5, 5.41) is 8.62. The van der Waals surface area contributed by atoms with Gasteiger partial charge in [-0.1, -0.05) is 0 Å². The molecule has 3 N–H and O–H groups in total. The molecule has 0 aliphatic heterocycles. The quantitative estimate of drug-likeness (QED) is 0.863. The molecule has 1 heterocycles. The van der Waals surface area contributed by atoms with Crippen LogP contribution in [0.4, 0.5) is 0 Å². The maximum atomic E-state index is 10.5. The lowest BCUT2D eigenvalue weighted by atomic mass is 10.0. The molecule has 1 unspecified atom stereocenters. The molecule has 0 aromatic carbocycles. The molecule has 4 nitrogen and oxygen atoms in total. The van der Waals surface area contributed by atoms with Crippen molar-refractivity contribution in [2.45, 2.75) is 12.3 Å². The summed E-state index contributed by atoms with van der Waals surface area (Å²) in [6.07, 6.45) is 1.71. The number of carboxylic acids is 1. The molecule has 0 spiro atoms. The van der Waals surface area contributed by atoms with Crippen molar-refractivity contribution in [2.75, 3.05) is 6.54 Å². The monoisotopic (exact) mass is 264 g/mol. The number of nitrogens with zero attached hydrogens (tertiary/aromatic N) is 1. The van der Waals surface area contributed by atoms with E-state index in [1.54, 1.807) is 6.20 Å². The van der Waals surface area contributed by atoms with E-state index in [2.05, 4.69) is 20.3 Å². The molecule has 1 atom stereocenters. The minimum absolute atomic E-state index is 0.0529. The van der Waals surface area contributed by atoms with Crippen LogP contribution < -0.4 is 5.73 Å². The highest BCUT2D eigenvalue weighted by molar-refractivity contribution is 9.10. The molecule has 0 aliphatic carbocycles. The van der Waals surface area contributed by atoms with E-state index in [1.807, 2.05) is 0 Å². The van der Waals surface area contributed by atoms with E-state index in [-0.39, 0.29) is 12.3 Å². The molecule has 0 saturated heterocycles. The molecule has 72 valence electrons. The summed E-state index contributed by atoms with van der Waals surface area (Å²) in [6, 6.07) is 0. The number of rotatable bonds is 4. The van der Waals surface area contributed by atoms with Crippen molar-refractivity contribution in [1.29, 1.82) is 0 Å². The lowest BCUT2D eigenvalue weighted by molar-refractivity contribution is -0.137. The Bertz CT molecular complexity index is 302. The number of halogens is 1. The molecule has 0 radical (unpaired) electrons. The van der Waals surface area contributed by atoms with Gasteiger partial charge in [0.25, 0.3) is 0 Å². The van der Waals surface area contributed by atoms with Crippen LogP contribution in [0.1, 0.15) is 17.2 Å². The van der Waals surface area contributed by atoms with Crippen LogP contribution in [0.2, 0.25) is 0 Å². The van der Waals surface area contributed by atoms with Gasteiger partial charge in [0, 0.05) is 17.3 Å². The molecule has 13 heavy (non-hydrogen) atoms. The van der Waals surface area contributed by atoms with Gasteiger partial charge in [-0.2, -0.15) is 4.37 Å². The summed E-state index contributed by atoms with van der Waals surface area (Å²) < 4.78 is 4.79. The molecule has 1 rings (SSSR count). The van der Waals surface area contributed by atoms with Gasteiger partial charge in [0.05, 0.1) is 17.1 Å². The molecule has 0 saturated carbocycles. The largest absolute Gasteiger partial charge is 0.481 e. The fourth-order valence-electron chi connectivity index (χ4n) is 1.00. The molecule has 0 bridgehead atoms. The third-order valence-electron chi connectivity index (χ3n) is 1.63. The van der Waals surface area contributed by atoms with Crippen LogP contribution in [0, 0.1) is 0 Å². The van der Waals surface area contributed by atoms with E-state index in [9.17, 15) is 4.79 Å². The van der Waals surface area contributed by atoms with Crippen LogP contribution in [0.15, 0.2) is 10.7 Å². The Labute approximate surface area is 88.1 Å². The van der Waals surface area contributed by atoms with E-state index in [0.29, 0.717) is 6.54 Å². The average Bonchev–Trinajstić information content (AvgIpc) is 2.47. The van der Waals surface area contributed by atoms with Gasteiger partial charge >= 0.3 is 5.97 Å². The van der Waals surface area contributed by atoms with Gasteiger partial charge in [-0.05, 0) is 27.5 Å². The minimum atomic E-state index is -0.837. The Morgan fingerprint density at radius 3 is 2.92 bits per heavy atom. The van der Waals surface area contributed by atoms with Crippen LogP contribution in [0.5, 0.6) is 0 Å². The fourth-order valence-corrected chi connectivity index (χ4v) is 2.52. The van der Waals surface area contributed by atoms with E-state index < -0.39 is 5.97 Å². The number of aliphatic carboxylic acids is 1. The van der Waals surface area contributed by atoms with E-state index in [4.69, 9.17) is 10.8 Å². The Balaban J connectivity index is 2.78. The highest BCUT2D eigenvalue weighted by Crippen LogP contribution is 2.29. The van der Waals surface area contributed by atoms with Crippen molar-refractivity contribution in [3.63, 3.8) is 0 Å². The minimum Gasteiger partial charge on any atom is -0.481 e. The average molecular weight is 265 g/mol. The summed E-state index contributed by atoms with van der Waals surface area (Å²) in [5.74, 6) is -0.977. The zero-order valence-electron chi connectivity index (χ0n) is 6.74. The highest BCUT2D eigenvalue weighted by Gasteiger charge is 2.18. The number of nitrogens with two attached hydrogens (primary N) is 1. The molecule has 0 aliphatic rings. The van der Waals surface area contributed by atoms with Crippen molar-refractivity contribution in [3.8, 4) is 0 Å². The second-order valence-corrected chi connectivity index (χ2v) is 4.26. The molecular weight excluding hydrogens is 256 g/mol. The predicted octanol–water partition coefficient (Wildman–Crippen LogP) is 1.42. The summed E-state index contributed by atoms with van der Waals surface area (Å²) in [5.41, 5.74) is 5.48. The highest BCUT2D eigenvalue weighted by atomic mass is 79.9. The Hall–Kier alpha value is -0.460. The SMILES string of the molecule is NCC(CC(=O)O)c1sncc1Br. The number of carboxylic acid groups (broad SMARTS) is 1. The third kappa shape index (κ3) is 2.75. The number of hydrogen-bond acceptors (Lipinski definition) is 4. The maximum Gasteiger partial charge on any atom is 0.304 e. The van der Waals surface area contributed by atoms with Crippen LogP contribution in [-0.2, 0) is 4.79 Å². The van der Waals surface area contributed by atoms with Crippen molar-refractivity contribution in [3.05, 3.63) is 15.5 Å². The summed E-state index contributed by atoms with van der Waals surface area (Å²) >= 11 is 4.58. The van der Waals surface area contributed by atoms with E-state index in [1.165, 1.54) is 11.5 Å². The first-order chi connectivity index (χ1) is 6.15. The van der Waals surface area contributed by atoms with Gasteiger partial charge in [-0.25, -0.2) is 0 Å². The molecule has 1 aromatic rings. The summed E-state index contributed by atoms with van der Waals surface area (Å²) in [4.78, 5) is 11.4. The van der Waals surface area contributed by atoms with Crippen molar-refractivity contribution in [2.24, 2.45) is 5.73 Å². The lowest BCUT2D eigenvalue weighted by Gasteiger charge is -2.09. The van der Waals surface area contributed by atoms with E-state index >= 15 is 0 Å². The number of aromatic nitrogens is 1. The summed E-state index contributed by atoms with van der Waals surface area (Å²) in [6.45, 7) is 0.326. The van der Waals surface area contributed by atoms with Gasteiger partial charge in [-0.3, -0.25) is 4.79 Å². The Kier molecular flexibility index (Phi) is 3.83. The maximum absolute atomic E-state index is 10.5. The first-order valence-corrected chi connectivity index (χ1v) is 5.23. The van der Waals surface area contributed by atoms with Crippen LogP contribution in [0.25, 0.3) is 0 Å². The van der Waals surface area contributed by atoms with Crippen molar-refractivity contribution >= 4 is 33.4 Å². The van der Waals surface area contributed by atoms with Gasteiger partial charge in [-0.15, -0.1) is 0 Å². The van der Waals surface area contributed by atoms with Gasteiger partial charge in [0.1, 0.15) is 0 Å². The normalized spacial score (nSPS) is 12.8. The standard InChI is InChI=1S/C7H9BrN2O2S/c8-5-3-10-13-7(5)4(2-9)1-6(11)12/h3-4H,1-2,9H2,(H,11,12). The molecular formula is C7H9BrN2O2S. The molecule has 0 fully saturated rings. The van der Waals surface area contributed by atoms with Crippen LogP contribution in [-0.4, -0.2) is 22.0 Å². The van der Waals surface area contributed by atoms with Gasteiger partial charge in [0.2, 0.25) is 0 Å². The van der Waals surface area contributed by atoms with Gasteiger partial charge < -0.3 is 10.8 Å². The van der Waals surface area contributed by atoms with Gasteiger partial charge in [0.15, 0.2) is 0 Å². The van der Waals surface area contributed by atoms with Crippen molar-refractivity contribution in [1.82, 2.24) is 4.37 Å².